The van der Waals surface area contributed by atoms with Crippen LogP contribution >= 0.6 is 11.6 Å². The second-order valence-electron chi connectivity index (χ2n) is 6.16. The van der Waals surface area contributed by atoms with Gasteiger partial charge in [0.05, 0.1) is 24.8 Å². The topological polar surface area (TPSA) is 117 Å². The van der Waals surface area contributed by atoms with E-state index in [0.717, 1.165) is 11.1 Å². The van der Waals surface area contributed by atoms with E-state index in [-0.39, 0.29) is 28.7 Å². The number of carbonyl (C=O) groups excluding carboxylic acids is 3. The first-order valence-corrected chi connectivity index (χ1v) is 8.85. The molecule has 0 radical (unpaired) electrons. The number of ether oxygens (including phenoxy) is 3. The first-order valence-electron chi connectivity index (χ1n) is 8.47. The highest BCUT2D eigenvalue weighted by Crippen LogP contribution is 2.36. The van der Waals surface area contributed by atoms with Crippen LogP contribution < -0.4 is 20.5 Å². The lowest BCUT2D eigenvalue weighted by atomic mass is 10.0. The molecule has 2 rings (SSSR count). The number of primary amides is 1. The van der Waals surface area contributed by atoms with Gasteiger partial charge in [-0.15, -0.1) is 0 Å². The SMILES string of the molecule is COC(=O)c1cc(NC(=O)c2cc(Cl)c(OCC(N)=O)c(OC)c2)cc(C)c1C. The third-order valence-electron chi connectivity index (χ3n) is 4.18. The Morgan fingerprint density at radius 3 is 2.38 bits per heavy atom. The van der Waals surface area contributed by atoms with Crippen LogP contribution in [-0.4, -0.2) is 38.6 Å². The summed E-state index contributed by atoms with van der Waals surface area (Å²) in [6.45, 7) is 3.23. The van der Waals surface area contributed by atoms with Gasteiger partial charge >= 0.3 is 5.97 Å². The van der Waals surface area contributed by atoms with Gasteiger partial charge in [-0.3, -0.25) is 9.59 Å². The average molecular weight is 421 g/mol. The van der Waals surface area contributed by atoms with Gasteiger partial charge in [0.1, 0.15) is 0 Å². The highest BCUT2D eigenvalue weighted by molar-refractivity contribution is 6.32. The molecule has 0 spiro atoms. The molecule has 0 fully saturated rings. The summed E-state index contributed by atoms with van der Waals surface area (Å²) in [5, 5.41) is 2.79. The number of amides is 2. The predicted octanol–water partition coefficient (Wildman–Crippen LogP) is 2.87. The number of hydrogen-bond acceptors (Lipinski definition) is 6. The first-order chi connectivity index (χ1) is 13.7. The molecule has 0 atom stereocenters. The van der Waals surface area contributed by atoms with Crippen molar-refractivity contribution in [2.24, 2.45) is 5.73 Å². The molecular weight excluding hydrogens is 400 g/mol. The zero-order valence-electron chi connectivity index (χ0n) is 16.4. The van der Waals surface area contributed by atoms with Crippen molar-refractivity contribution in [2.45, 2.75) is 13.8 Å². The minimum absolute atomic E-state index is 0.0751. The molecule has 0 saturated heterocycles. The number of hydrogen-bond donors (Lipinski definition) is 2. The van der Waals surface area contributed by atoms with Gasteiger partial charge < -0.3 is 25.3 Å². The Labute approximate surface area is 172 Å². The zero-order chi connectivity index (χ0) is 21.7. The summed E-state index contributed by atoms with van der Waals surface area (Å²) in [5.41, 5.74) is 7.61. The number of methoxy groups -OCH3 is 2. The quantitative estimate of drug-likeness (QED) is 0.665. The normalized spacial score (nSPS) is 10.2. The van der Waals surface area contributed by atoms with Crippen LogP contribution in [0.25, 0.3) is 0 Å². The highest BCUT2D eigenvalue weighted by atomic mass is 35.5. The lowest BCUT2D eigenvalue weighted by Crippen LogP contribution is -2.20. The van der Waals surface area contributed by atoms with E-state index < -0.39 is 17.8 Å². The Kier molecular flexibility index (Phi) is 7.06. The largest absolute Gasteiger partial charge is 0.493 e. The number of nitrogens with one attached hydrogen (secondary N) is 1. The van der Waals surface area contributed by atoms with E-state index in [1.54, 1.807) is 13.0 Å². The monoisotopic (exact) mass is 420 g/mol. The smallest absolute Gasteiger partial charge is 0.338 e. The Balaban J connectivity index is 2.34. The molecule has 0 aromatic heterocycles. The Hall–Kier alpha value is -3.26. The summed E-state index contributed by atoms with van der Waals surface area (Å²) in [5.74, 6) is -1.39. The van der Waals surface area contributed by atoms with Crippen molar-refractivity contribution < 1.29 is 28.6 Å². The first kappa shape index (κ1) is 22.0. The number of anilines is 1. The number of aryl methyl sites for hydroxylation is 1. The van der Waals surface area contributed by atoms with Crippen molar-refractivity contribution in [3.63, 3.8) is 0 Å². The second kappa shape index (κ2) is 9.29. The zero-order valence-corrected chi connectivity index (χ0v) is 17.2. The number of benzene rings is 2. The molecule has 29 heavy (non-hydrogen) atoms. The van der Waals surface area contributed by atoms with Crippen LogP contribution in [0.5, 0.6) is 11.5 Å². The lowest BCUT2D eigenvalue weighted by molar-refractivity contribution is -0.119. The minimum Gasteiger partial charge on any atom is -0.493 e. The molecule has 2 amide bonds. The van der Waals surface area contributed by atoms with E-state index in [2.05, 4.69) is 5.32 Å². The van der Waals surface area contributed by atoms with Crippen LogP contribution in [0, 0.1) is 13.8 Å². The molecule has 0 aliphatic rings. The van der Waals surface area contributed by atoms with Gasteiger partial charge in [0.15, 0.2) is 18.1 Å². The van der Waals surface area contributed by atoms with Gasteiger partial charge in [-0.1, -0.05) is 11.6 Å². The van der Waals surface area contributed by atoms with Gasteiger partial charge in [0.2, 0.25) is 0 Å². The van der Waals surface area contributed by atoms with Gasteiger partial charge in [-0.2, -0.15) is 0 Å². The molecule has 0 heterocycles. The molecule has 8 nitrogen and oxygen atoms in total. The van der Waals surface area contributed by atoms with Crippen molar-refractivity contribution in [2.75, 3.05) is 26.1 Å². The fourth-order valence-corrected chi connectivity index (χ4v) is 2.86. The molecule has 2 aromatic rings. The van der Waals surface area contributed by atoms with Crippen molar-refractivity contribution in [1.82, 2.24) is 0 Å². The maximum absolute atomic E-state index is 12.7. The summed E-state index contributed by atoms with van der Waals surface area (Å²) < 4.78 is 15.2. The van der Waals surface area contributed by atoms with E-state index in [4.69, 9.17) is 31.5 Å². The van der Waals surface area contributed by atoms with E-state index >= 15 is 0 Å². The van der Waals surface area contributed by atoms with Crippen LogP contribution in [0.3, 0.4) is 0 Å². The molecule has 3 N–H and O–H groups in total. The van der Waals surface area contributed by atoms with E-state index in [9.17, 15) is 14.4 Å². The van der Waals surface area contributed by atoms with Crippen LogP contribution in [-0.2, 0) is 9.53 Å². The summed E-state index contributed by atoms with van der Waals surface area (Å²) >= 11 is 6.18. The van der Waals surface area contributed by atoms with Gasteiger partial charge in [0, 0.05) is 11.3 Å². The molecule has 0 aliphatic carbocycles. The van der Waals surface area contributed by atoms with Gasteiger partial charge in [-0.25, -0.2) is 4.79 Å². The fraction of sp³-hybridized carbons (Fsp3) is 0.250. The third kappa shape index (κ3) is 5.17. The molecule has 0 aliphatic heterocycles. The molecule has 154 valence electrons. The number of esters is 1. The Morgan fingerprint density at radius 1 is 1.10 bits per heavy atom. The van der Waals surface area contributed by atoms with Gasteiger partial charge in [0.25, 0.3) is 11.8 Å². The third-order valence-corrected chi connectivity index (χ3v) is 4.46. The van der Waals surface area contributed by atoms with Crippen molar-refractivity contribution >= 4 is 35.1 Å². The van der Waals surface area contributed by atoms with Crippen molar-refractivity contribution in [1.29, 1.82) is 0 Å². The fourth-order valence-electron chi connectivity index (χ4n) is 2.59. The number of halogens is 1. The molecule has 2 aromatic carbocycles. The molecule has 0 bridgehead atoms. The molecule has 0 saturated carbocycles. The van der Waals surface area contributed by atoms with Crippen molar-refractivity contribution in [3.05, 3.63) is 51.5 Å². The van der Waals surface area contributed by atoms with Crippen LogP contribution in [0.1, 0.15) is 31.8 Å². The second-order valence-corrected chi connectivity index (χ2v) is 6.56. The summed E-state index contributed by atoms with van der Waals surface area (Å²) in [7, 11) is 2.66. The Morgan fingerprint density at radius 2 is 1.79 bits per heavy atom. The van der Waals surface area contributed by atoms with E-state index in [1.807, 2.05) is 6.92 Å². The van der Waals surface area contributed by atoms with Crippen LogP contribution in [0.15, 0.2) is 24.3 Å². The molecule has 9 heteroatoms. The molecular formula is C20H21ClN2O6. The lowest BCUT2D eigenvalue weighted by Gasteiger charge is -2.14. The summed E-state index contributed by atoms with van der Waals surface area (Å²) in [6.07, 6.45) is 0. The summed E-state index contributed by atoms with van der Waals surface area (Å²) in [4.78, 5) is 35.6. The van der Waals surface area contributed by atoms with Crippen LogP contribution in [0.4, 0.5) is 5.69 Å². The molecule has 0 unspecified atom stereocenters. The maximum Gasteiger partial charge on any atom is 0.338 e. The highest BCUT2D eigenvalue weighted by Gasteiger charge is 2.18. The minimum atomic E-state index is -0.680. The number of carbonyl (C=O) groups is 3. The number of rotatable bonds is 7. The standard InChI is InChI=1S/C20H21ClN2O6/c1-10-5-13(8-14(11(10)2)20(26)28-4)23-19(25)12-6-15(21)18(16(7-12)27-3)29-9-17(22)24/h5-8H,9H2,1-4H3,(H2,22,24)(H,23,25). The van der Waals surface area contributed by atoms with Gasteiger partial charge in [-0.05, 0) is 49.2 Å². The van der Waals surface area contributed by atoms with Crippen LogP contribution in [0.2, 0.25) is 5.02 Å². The average Bonchev–Trinajstić information content (AvgIpc) is 2.68. The van der Waals surface area contributed by atoms with E-state index in [1.165, 1.54) is 32.4 Å². The maximum atomic E-state index is 12.7. The summed E-state index contributed by atoms with van der Waals surface area (Å²) in [6, 6.07) is 6.07. The van der Waals surface area contributed by atoms with E-state index in [0.29, 0.717) is 11.3 Å². The van der Waals surface area contributed by atoms with Crippen molar-refractivity contribution in [3.8, 4) is 11.5 Å². The Bertz CT molecular complexity index is 974. The predicted molar refractivity (Wildman–Crippen MR) is 108 cm³/mol. The number of nitrogens with two attached hydrogens (primary N) is 1.